The summed E-state index contributed by atoms with van der Waals surface area (Å²) in [7, 11) is 0. The maximum atomic E-state index is 11.8. The fraction of sp³-hybridized carbons (Fsp3) is 0.833. The van der Waals surface area contributed by atoms with E-state index in [1.807, 2.05) is 13.8 Å². The summed E-state index contributed by atoms with van der Waals surface area (Å²) in [6.07, 6.45) is 0. The van der Waals surface area contributed by atoms with Crippen molar-refractivity contribution >= 4 is 11.9 Å². The highest BCUT2D eigenvalue weighted by atomic mass is 16.5. The number of nitrogens with zero attached hydrogens (tertiary/aromatic N) is 1. The quantitative estimate of drug-likeness (QED) is 0.342. The molecule has 0 aromatic rings. The van der Waals surface area contributed by atoms with Gasteiger partial charge < -0.3 is 19.1 Å². The summed E-state index contributed by atoms with van der Waals surface area (Å²) < 4.78 is 15.0. The van der Waals surface area contributed by atoms with Crippen LogP contribution >= 0.6 is 0 Å². The minimum atomic E-state index is -0.828. The van der Waals surface area contributed by atoms with Gasteiger partial charge in [0, 0.05) is 26.3 Å². The Kier molecular flexibility index (Phi) is 10.3. The molecule has 0 fully saturated rings. The molecule has 0 aliphatic rings. The van der Waals surface area contributed by atoms with Gasteiger partial charge in [-0.3, -0.25) is 4.79 Å². The second kappa shape index (κ2) is 11.0. The van der Waals surface area contributed by atoms with Crippen LogP contribution in [-0.4, -0.2) is 62.9 Å². The first-order chi connectivity index (χ1) is 8.67. The van der Waals surface area contributed by atoms with Gasteiger partial charge >= 0.3 is 11.9 Å². The van der Waals surface area contributed by atoms with E-state index in [9.17, 15) is 9.59 Å². The molecule has 1 amide bonds. The van der Waals surface area contributed by atoms with Gasteiger partial charge in [0.25, 0.3) is 0 Å². The van der Waals surface area contributed by atoms with Gasteiger partial charge in [-0.1, -0.05) is 0 Å². The Morgan fingerprint density at radius 2 is 1.39 bits per heavy atom. The topological polar surface area (TPSA) is 65.1 Å². The molecule has 0 aliphatic carbocycles. The van der Waals surface area contributed by atoms with Gasteiger partial charge in [-0.25, -0.2) is 4.79 Å². The number of hydrogen-bond donors (Lipinski definition) is 0. The zero-order valence-corrected chi connectivity index (χ0v) is 11.4. The number of carbonyl (C=O) groups is 2. The standard InChI is InChI=1S/C12H23NO5/c1-4-16-9-7-13(8-10-17-5-2)11(14)12(15)18-6-3/h4-10H2,1-3H3. The van der Waals surface area contributed by atoms with E-state index in [4.69, 9.17) is 9.47 Å². The second-order valence-corrected chi connectivity index (χ2v) is 3.41. The molecule has 0 heterocycles. The summed E-state index contributed by atoms with van der Waals surface area (Å²) in [5.41, 5.74) is 0. The molecule has 0 radical (unpaired) electrons. The number of amides is 1. The van der Waals surface area contributed by atoms with E-state index in [1.54, 1.807) is 6.92 Å². The third-order valence-corrected chi connectivity index (χ3v) is 2.16. The molecule has 6 heteroatoms. The van der Waals surface area contributed by atoms with Crippen LogP contribution in [0.1, 0.15) is 20.8 Å². The van der Waals surface area contributed by atoms with Crippen molar-refractivity contribution in [1.82, 2.24) is 4.90 Å². The smallest absolute Gasteiger partial charge is 0.397 e. The minimum absolute atomic E-state index is 0.190. The summed E-state index contributed by atoms with van der Waals surface area (Å²) >= 11 is 0. The lowest BCUT2D eigenvalue weighted by Gasteiger charge is -2.21. The molecule has 0 bridgehead atoms. The van der Waals surface area contributed by atoms with Crippen molar-refractivity contribution in [3.63, 3.8) is 0 Å². The Morgan fingerprint density at radius 1 is 0.889 bits per heavy atom. The van der Waals surface area contributed by atoms with E-state index < -0.39 is 11.9 Å². The van der Waals surface area contributed by atoms with Crippen LogP contribution in [0.15, 0.2) is 0 Å². The van der Waals surface area contributed by atoms with Crippen LogP contribution in [0, 0.1) is 0 Å². The summed E-state index contributed by atoms with van der Waals surface area (Å²) in [4.78, 5) is 24.5. The molecule has 0 spiro atoms. The van der Waals surface area contributed by atoms with E-state index in [-0.39, 0.29) is 6.61 Å². The Bertz CT molecular complexity index is 235. The second-order valence-electron chi connectivity index (χ2n) is 3.41. The van der Waals surface area contributed by atoms with Gasteiger partial charge in [-0.15, -0.1) is 0 Å². The predicted molar refractivity (Wildman–Crippen MR) is 66.2 cm³/mol. The molecule has 0 rings (SSSR count). The molecule has 0 atom stereocenters. The van der Waals surface area contributed by atoms with Crippen molar-refractivity contribution in [3.05, 3.63) is 0 Å². The fourth-order valence-corrected chi connectivity index (χ4v) is 1.27. The van der Waals surface area contributed by atoms with Crippen molar-refractivity contribution in [2.24, 2.45) is 0 Å². The molecular weight excluding hydrogens is 238 g/mol. The van der Waals surface area contributed by atoms with Crippen molar-refractivity contribution < 1.29 is 23.8 Å². The van der Waals surface area contributed by atoms with Crippen LogP contribution < -0.4 is 0 Å². The first kappa shape index (κ1) is 16.9. The third kappa shape index (κ3) is 7.24. The molecule has 0 unspecified atom stereocenters. The molecule has 0 saturated heterocycles. The van der Waals surface area contributed by atoms with Crippen LogP contribution in [0.2, 0.25) is 0 Å². The third-order valence-electron chi connectivity index (χ3n) is 2.16. The van der Waals surface area contributed by atoms with E-state index >= 15 is 0 Å². The highest BCUT2D eigenvalue weighted by Crippen LogP contribution is 1.95. The monoisotopic (exact) mass is 261 g/mol. The molecule has 18 heavy (non-hydrogen) atoms. The normalized spacial score (nSPS) is 10.2. The number of esters is 1. The summed E-state index contributed by atoms with van der Waals surface area (Å²) in [5, 5.41) is 0. The summed E-state index contributed by atoms with van der Waals surface area (Å²) in [6.45, 7) is 8.26. The van der Waals surface area contributed by atoms with Gasteiger partial charge in [0.15, 0.2) is 0 Å². The number of ether oxygens (including phenoxy) is 3. The SMILES string of the molecule is CCOCCN(CCOCC)C(=O)C(=O)OCC. The van der Waals surface area contributed by atoms with Crippen LogP contribution in [0.25, 0.3) is 0 Å². The largest absolute Gasteiger partial charge is 0.459 e. The van der Waals surface area contributed by atoms with Gasteiger partial charge in [0.1, 0.15) is 0 Å². The van der Waals surface area contributed by atoms with Crippen molar-refractivity contribution in [1.29, 1.82) is 0 Å². The Hall–Kier alpha value is -1.14. The van der Waals surface area contributed by atoms with Gasteiger partial charge in [0.05, 0.1) is 19.8 Å². The molecular formula is C12H23NO5. The van der Waals surface area contributed by atoms with Crippen molar-refractivity contribution in [2.45, 2.75) is 20.8 Å². The van der Waals surface area contributed by atoms with Gasteiger partial charge in [-0.05, 0) is 20.8 Å². The first-order valence-electron chi connectivity index (χ1n) is 6.28. The Balaban J connectivity index is 4.24. The number of rotatable bonds is 9. The lowest BCUT2D eigenvalue weighted by Crippen LogP contribution is -2.41. The lowest BCUT2D eigenvalue weighted by molar-refractivity contribution is -0.160. The molecule has 106 valence electrons. The highest BCUT2D eigenvalue weighted by Gasteiger charge is 2.22. The zero-order valence-electron chi connectivity index (χ0n) is 11.4. The predicted octanol–water partition coefficient (Wildman–Crippen LogP) is 0.451. The van der Waals surface area contributed by atoms with Gasteiger partial charge in [0.2, 0.25) is 0 Å². The molecule has 0 aromatic carbocycles. The van der Waals surface area contributed by atoms with E-state index in [0.717, 1.165) is 0 Å². The zero-order chi connectivity index (χ0) is 13.8. The van der Waals surface area contributed by atoms with E-state index in [2.05, 4.69) is 4.74 Å². The maximum Gasteiger partial charge on any atom is 0.397 e. The maximum absolute atomic E-state index is 11.8. The minimum Gasteiger partial charge on any atom is -0.459 e. The van der Waals surface area contributed by atoms with Crippen LogP contribution in [0.3, 0.4) is 0 Å². The van der Waals surface area contributed by atoms with E-state index in [0.29, 0.717) is 39.5 Å². The molecule has 0 N–H and O–H groups in total. The highest BCUT2D eigenvalue weighted by molar-refractivity contribution is 6.32. The van der Waals surface area contributed by atoms with Gasteiger partial charge in [-0.2, -0.15) is 0 Å². The van der Waals surface area contributed by atoms with Crippen molar-refractivity contribution in [2.75, 3.05) is 46.1 Å². The average molecular weight is 261 g/mol. The Labute approximate surface area is 108 Å². The summed E-state index contributed by atoms with van der Waals surface area (Å²) in [6, 6.07) is 0. The van der Waals surface area contributed by atoms with E-state index in [1.165, 1.54) is 4.90 Å². The average Bonchev–Trinajstić information content (AvgIpc) is 2.37. The lowest BCUT2D eigenvalue weighted by atomic mass is 10.4. The Morgan fingerprint density at radius 3 is 1.78 bits per heavy atom. The first-order valence-corrected chi connectivity index (χ1v) is 6.28. The van der Waals surface area contributed by atoms with Crippen LogP contribution in [0.4, 0.5) is 0 Å². The molecule has 0 aliphatic heterocycles. The van der Waals surface area contributed by atoms with Crippen molar-refractivity contribution in [3.8, 4) is 0 Å². The summed E-state index contributed by atoms with van der Waals surface area (Å²) in [5.74, 6) is -1.47. The molecule has 0 aromatic heterocycles. The van der Waals surface area contributed by atoms with Crippen LogP contribution in [-0.2, 0) is 23.8 Å². The number of carbonyl (C=O) groups excluding carboxylic acids is 2. The number of hydrogen-bond acceptors (Lipinski definition) is 5. The van der Waals surface area contributed by atoms with Crippen LogP contribution in [0.5, 0.6) is 0 Å². The molecule has 6 nitrogen and oxygen atoms in total. The fourth-order valence-electron chi connectivity index (χ4n) is 1.27. The molecule has 0 saturated carbocycles.